The van der Waals surface area contributed by atoms with Gasteiger partial charge in [-0.15, -0.1) is 0 Å². The Labute approximate surface area is 252 Å². The van der Waals surface area contributed by atoms with Crippen LogP contribution < -0.4 is 9.47 Å². The lowest BCUT2D eigenvalue weighted by Gasteiger charge is -2.44. The molecule has 2 aromatic carbocycles. The molecule has 4 heterocycles. The summed E-state index contributed by atoms with van der Waals surface area (Å²) >= 11 is 5.92. The molecule has 1 amide bonds. The maximum absolute atomic E-state index is 13.7. The average molecular weight is 598 g/mol. The summed E-state index contributed by atoms with van der Waals surface area (Å²) in [5, 5.41) is 10.2. The van der Waals surface area contributed by atoms with Crippen LogP contribution in [0.1, 0.15) is 74.8 Å². The third kappa shape index (κ3) is 5.07. The number of ether oxygens (including phenoxy) is 2. The maximum atomic E-state index is 13.7. The van der Waals surface area contributed by atoms with Crippen LogP contribution in [0.3, 0.4) is 0 Å². The summed E-state index contributed by atoms with van der Waals surface area (Å²) in [5.74, 6) is 0.193. The lowest BCUT2D eigenvalue weighted by molar-refractivity contribution is -0.00585. The van der Waals surface area contributed by atoms with Crippen molar-refractivity contribution in [3.05, 3.63) is 83.2 Å². The number of hydrogen-bond acceptors (Lipinski definition) is 7. The second-order valence-electron chi connectivity index (χ2n) is 11.4. The number of amides is 1. The highest BCUT2D eigenvalue weighted by atomic mass is 35.5. The Balaban J connectivity index is 1.10. The molecule has 1 aliphatic carbocycles. The number of piperidine rings is 1. The van der Waals surface area contributed by atoms with Gasteiger partial charge in [0.1, 0.15) is 22.8 Å². The predicted molar refractivity (Wildman–Crippen MR) is 159 cm³/mol. The van der Waals surface area contributed by atoms with E-state index in [0.29, 0.717) is 65.9 Å². The molecule has 0 unspecified atom stereocenters. The van der Waals surface area contributed by atoms with Gasteiger partial charge in [-0.1, -0.05) is 23.7 Å². The van der Waals surface area contributed by atoms with Crippen molar-refractivity contribution in [2.75, 3.05) is 19.2 Å². The topological polar surface area (TPSA) is 119 Å². The van der Waals surface area contributed by atoms with Gasteiger partial charge < -0.3 is 19.5 Å². The van der Waals surface area contributed by atoms with Crippen LogP contribution in [0.5, 0.6) is 11.5 Å². The van der Waals surface area contributed by atoms with E-state index in [1.807, 2.05) is 12.1 Å². The highest BCUT2D eigenvalue weighted by Gasteiger charge is 2.44. The van der Waals surface area contributed by atoms with E-state index >= 15 is 0 Å². The normalized spacial score (nSPS) is 17.4. The van der Waals surface area contributed by atoms with Gasteiger partial charge in [0.05, 0.1) is 28.8 Å². The number of nitrogens with zero attached hydrogens (tertiary/aromatic N) is 3. The lowest BCUT2D eigenvalue weighted by atomic mass is 9.82. The fraction of sp³-hybridized carbons (Fsp3) is 0.303. The Morgan fingerprint density at radius 2 is 1.91 bits per heavy atom. The van der Waals surface area contributed by atoms with Gasteiger partial charge in [0, 0.05) is 49.1 Å². The second kappa shape index (κ2) is 10.6. The highest BCUT2D eigenvalue weighted by molar-refractivity contribution is 6.17. The molecule has 1 spiro atoms. The molecule has 10 heteroatoms. The smallest absolute Gasteiger partial charge is 0.335 e. The van der Waals surface area contributed by atoms with Gasteiger partial charge in [-0.3, -0.25) is 14.6 Å². The van der Waals surface area contributed by atoms with Crippen LogP contribution in [0.2, 0.25) is 0 Å². The maximum Gasteiger partial charge on any atom is 0.335 e. The molecule has 43 heavy (non-hydrogen) atoms. The molecule has 1 N–H and O–H groups in total. The van der Waals surface area contributed by atoms with Crippen molar-refractivity contribution in [3.63, 3.8) is 0 Å². The predicted octanol–water partition coefficient (Wildman–Crippen LogP) is 6.09. The van der Waals surface area contributed by atoms with E-state index in [4.69, 9.17) is 26.1 Å². The highest BCUT2D eigenvalue weighted by Crippen LogP contribution is 2.44. The van der Waals surface area contributed by atoms with Crippen molar-refractivity contribution in [2.24, 2.45) is 0 Å². The number of ketones is 1. The second-order valence-corrected chi connectivity index (χ2v) is 11.6. The molecule has 0 atom stereocenters. The number of carboxylic acid groups (broad SMARTS) is 1. The fourth-order valence-corrected chi connectivity index (χ4v) is 6.30. The summed E-state index contributed by atoms with van der Waals surface area (Å²) in [5.41, 5.74) is 3.20. The molecular formula is C33H28ClN3O6. The largest absolute Gasteiger partial charge is 0.486 e. The molecule has 2 aliphatic heterocycles. The summed E-state index contributed by atoms with van der Waals surface area (Å²) in [4.78, 5) is 49.3. The van der Waals surface area contributed by atoms with Gasteiger partial charge in [0.15, 0.2) is 11.8 Å². The zero-order valence-corrected chi connectivity index (χ0v) is 24.0. The van der Waals surface area contributed by atoms with Crippen LogP contribution in [0.4, 0.5) is 0 Å². The molecular weight excluding hydrogens is 570 g/mol. The van der Waals surface area contributed by atoms with Gasteiger partial charge in [-0.25, -0.2) is 9.78 Å². The lowest BCUT2D eigenvalue weighted by Crippen LogP contribution is -2.52. The van der Waals surface area contributed by atoms with Gasteiger partial charge in [-0.2, -0.15) is 0 Å². The van der Waals surface area contributed by atoms with Gasteiger partial charge in [-0.05, 0) is 60.7 Å². The summed E-state index contributed by atoms with van der Waals surface area (Å²) in [6.07, 6.45) is 4.85. The number of halogens is 1. The summed E-state index contributed by atoms with van der Waals surface area (Å²) in [6, 6.07) is 15.8. The van der Waals surface area contributed by atoms with Crippen molar-refractivity contribution < 1.29 is 29.0 Å². The van der Waals surface area contributed by atoms with Crippen molar-refractivity contribution >= 4 is 40.2 Å². The van der Waals surface area contributed by atoms with Gasteiger partial charge in [0.25, 0.3) is 5.91 Å². The minimum atomic E-state index is -1.05. The number of aromatic nitrogens is 2. The van der Waals surface area contributed by atoms with Crippen molar-refractivity contribution in [2.45, 2.75) is 43.6 Å². The van der Waals surface area contributed by atoms with Crippen LogP contribution in [0, 0.1) is 0 Å². The van der Waals surface area contributed by atoms with E-state index < -0.39 is 11.6 Å². The number of para-hydroxylation sites is 1. The van der Waals surface area contributed by atoms with E-state index in [0.717, 1.165) is 29.3 Å². The molecule has 0 radical (unpaired) electrons. The minimum Gasteiger partial charge on any atom is -0.486 e. The van der Waals surface area contributed by atoms with Crippen LogP contribution in [0.15, 0.2) is 60.8 Å². The number of carboxylic acids is 1. The number of pyridine rings is 2. The van der Waals surface area contributed by atoms with Crippen LogP contribution in [-0.4, -0.2) is 62.4 Å². The van der Waals surface area contributed by atoms with E-state index in [-0.39, 0.29) is 29.7 Å². The first-order valence-electron chi connectivity index (χ1n) is 14.3. The molecule has 9 nitrogen and oxygen atoms in total. The van der Waals surface area contributed by atoms with Crippen LogP contribution in [-0.2, 0) is 0 Å². The van der Waals surface area contributed by atoms with Crippen molar-refractivity contribution in [1.29, 1.82) is 0 Å². The number of rotatable bonds is 6. The third-order valence-corrected chi connectivity index (χ3v) is 8.74. The number of carbonyl (C=O) groups is 3. The first-order valence-corrected chi connectivity index (χ1v) is 14.9. The summed E-state index contributed by atoms with van der Waals surface area (Å²) in [7, 11) is 0. The fourth-order valence-electron chi connectivity index (χ4n) is 6.18. The van der Waals surface area contributed by atoms with Crippen LogP contribution in [0.25, 0.3) is 22.2 Å². The minimum absolute atomic E-state index is 0.0355. The molecule has 218 valence electrons. The zero-order chi connectivity index (χ0) is 29.7. The Kier molecular flexibility index (Phi) is 6.77. The first kappa shape index (κ1) is 27.3. The molecule has 7 rings (SSSR count). The number of fused-ring (bicyclic) bond motifs is 2. The number of Topliss-reactive ketones (excluding diaryl/α,β-unsaturated/α-hetero) is 1. The van der Waals surface area contributed by atoms with Gasteiger partial charge >= 0.3 is 5.97 Å². The van der Waals surface area contributed by atoms with E-state index in [2.05, 4.69) is 11.1 Å². The number of carbonyl (C=O) groups excluding carboxylic acids is 2. The summed E-state index contributed by atoms with van der Waals surface area (Å²) in [6.45, 7) is 0.836. The number of hydrogen-bond donors (Lipinski definition) is 1. The van der Waals surface area contributed by atoms with Crippen molar-refractivity contribution in [1.82, 2.24) is 14.9 Å². The van der Waals surface area contributed by atoms with Crippen molar-refractivity contribution in [3.8, 4) is 22.8 Å². The molecule has 2 aromatic heterocycles. The number of benzene rings is 2. The molecule has 0 bridgehead atoms. The average Bonchev–Trinajstić information content (AvgIpc) is 3.86. The van der Waals surface area contributed by atoms with Gasteiger partial charge in [0.2, 0.25) is 0 Å². The molecule has 1 saturated carbocycles. The Bertz CT molecular complexity index is 1800. The van der Waals surface area contributed by atoms with E-state index in [1.165, 1.54) is 18.3 Å². The number of alkyl halides is 1. The summed E-state index contributed by atoms with van der Waals surface area (Å²) < 4.78 is 12.2. The SMILES string of the molecule is O=C(O)c1ccnc(-c2ccc3c(c2)C(=O)CC2(CCN(C(=O)c4cc(OCCl)c5cccc(C6CC6)c5n4)CC2)O3)c1. The van der Waals surface area contributed by atoms with E-state index in [1.54, 1.807) is 29.2 Å². The number of likely N-dealkylation sites (tertiary alicyclic amines) is 1. The standard InChI is InChI=1S/C33H28ClN3O6/c34-18-42-29-16-26(36-30-22(19-4-5-19)2-1-3-23(29)30)31(39)37-12-9-33(10-13-37)17-27(38)24-14-20(6-7-28(24)43-33)25-15-21(32(40)41)8-11-35-25/h1-3,6-8,11,14-16,19H,4-5,9-10,12-13,17-18H2,(H,40,41). The Morgan fingerprint density at radius 1 is 1.09 bits per heavy atom. The quantitative estimate of drug-likeness (QED) is 0.265. The first-order chi connectivity index (χ1) is 20.8. The molecule has 3 aliphatic rings. The molecule has 2 fully saturated rings. The third-order valence-electron chi connectivity index (χ3n) is 8.63. The van der Waals surface area contributed by atoms with Crippen LogP contribution >= 0.6 is 11.6 Å². The molecule has 4 aromatic rings. The Morgan fingerprint density at radius 3 is 2.65 bits per heavy atom. The monoisotopic (exact) mass is 597 g/mol. The van der Waals surface area contributed by atoms with E-state index in [9.17, 15) is 19.5 Å². The molecule has 1 saturated heterocycles. The number of aromatic carboxylic acids is 1. The zero-order valence-electron chi connectivity index (χ0n) is 23.2. The Hall–Kier alpha value is -4.50.